The Labute approximate surface area is 148 Å². The van der Waals surface area contributed by atoms with Crippen molar-refractivity contribution in [3.8, 4) is 0 Å². The van der Waals surface area contributed by atoms with E-state index in [4.69, 9.17) is 0 Å². The molecular weight excluding hydrogens is 320 g/mol. The van der Waals surface area contributed by atoms with Crippen molar-refractivity contribution in [3.63, 3.8) is 0 Å². The molecule has 25 heavy (non-hydrogen) atoms. The highest BCUT2D eigenvalue weighted by atomic mass is 16.3. The molecule has 0 unspecified atom stereocenters. The van der Waals surface area contributed by atoms with Gasteiger partial charge in [-0.1, -0.05) is 6.07 Å². The molecule has 7 heteroatoms. The normalized spacial score (nSPS) is 22.3. The zero-order chi connectivity index (χ0) is 17.9. The second-order valence-corrected chi connectivity index (χ2v) is 7.21. The van der Waals surface area contributed by atoms with E-state index < -0.39 is 6.04 Å². The van der Waals surface area contributed by atoms with Crippen molar-refractivity contribution in [3.05, 3.63) is 30.1 Å². The monoisotopic (exact) mass is 346 g/mol. The number of aromatic nitrogens is 1. The van der Waals surface area contributed by atoms with Crippen LogP contribution in [0.4, 0.5) is 0 Å². The van der Waals surface area contributed by atoms with Crippen molar-refractivity contribution in [1.82, 2.24) is 20.1 Å². The lowest BCUT2D eigenvalue weighted by molar-refractivity contribution is -0.138. The maximum absolute atomic E-state index is 12.6. The van der Waals surface area contributed by atoms with Crippen molar-refractivity contribution >= 4 is 11.8 Å². The minimum atomic E-state index is -0.477. The van der Waals surface area contributed by atoms with E-state index in [-0.39, 0.29) is 30.3 Å². The third-order valence-electron chi connectivity index (χ3n) is 5.19. The van der Waals surface area contributed by atoms with Gasteiger partial charge in [-0.05, 0) is 25.0 Å². The summed E-state index contributed by atoms with van der Waals surface area (Å²) in [4.78, 5) is 32.9. The van der Waals surface area contributed by atoms with Gasteiger partial charge in [0.15, 0.2) is 0 Å². The lowest BCUT2D eigenvalue weighted by Crippen LogP contribution is -2.56. The van der Waals surface area contributed by atoms with Crippen molar-refractivity contribution < 1.29 is 14.7 Å². The number of pyridine rings is 1. The fraction of sp³-hybridized carbons (Fsp3) is 0.611. The van der Waals surface area contributed by atoms with Crippen LogP contribution in [-0.2, 0) is 16.1 Å². The molecule has 1 atom stereocenters. The van der Waals surface area contributed by atoms with Crippen LogP contribution in [0.3, 0.4) is 0 Å². The minimum absolute atomic E-state index is 0.0622. The Kier molecular flexibility index (Phi) is 5.34. The lowest BCUT2D eigenvalue weighted by atomic mass is 10.1. The number of hydrogen-bond acceptors (Lipinski definition) is 5. The minimum Gasteiger partial charge on any atom is -0.396 e. The molecule has 2 amide bonds. The predicted octanol–water partition coefficient (Wildman–Crippen LogP) is 0.00300. The molecule has 1 aromatic heterocycles. The summed E-state index contributed by atoms with van der Waals surface area (Å²) in [5.74, 6) is -0.167. The molecule has 136 valence electrons. The molecule has 2 fully saturated rings. The number of amides is 2. The molecule has 1 saturated heterocycles. The Morgan fingerprint density at radius 1 is 1.48 bits per heavy atom. The van der Waals surface area contributed by atoms with Gasteiger partial charge in [-0.3, -0.25) is 19.5 Å². The van der Waals surface area contributed by atoms with E-state index in [1.54, 1.807) is 18.1 Å². The second-order valence-electron chi connectivity index (χ2n) is 7.21. The first-order valence-electron chi connectivity index (χ1n) is 8.79. The van der Waals surface area contributed by atoms with Crippen LogP contribution in [0.25, 0.3) is 0 Å². The third-order valence-corrected chi connectivity index (χ3v) is 5.19. The van der Waals surface area contributed by atoms with Gasteiger partial charge >= 0.3 is 0 Å². The summed E-state index contributed by atoms with van der Waals surface area (Å²) in [6.45, 7) is 2.50. The summed E-state index contributed by atoms with van der Waals surface area (Å²) in [5.41, 5.74) is 0.771. The summed E-state index contributed by atoms with van der Waals surface area (Å²) in [7, 11) is 1.75. The molecule has 0 spiro atoms. The number of aliphatic hydroxyl groups excluding tert-OH is 1. The van der Waals surface area contributed by atoms with E-state index in [2.05, 4.69) is 10.3 Å². The number of hydrogen-bond donors (Lipinski definition) is 2. The molecule has 7 nitrogen and oxygen atoms in total. The molecule has 0 radical (unpaired) electrons. The topological polar surface area (TPSA) is 85.8 Å². The van der Waals surface area contributed by atoms with Gasteiger partial charge in [0.25, 0.3) is 0 Å². The van der Waals surface area contributed by atoms with Crippen molar-refractivity contribution in [2.75, 3.05) is 33.3 Å². The summed E-state index contributed by atoms with van der Waals surface area (Å²) in [6, 6.07) is 5.23. The number of aliphatic hydroxyl groups is 1. The summed E-state index contributed by atoms with van der Waals surface area (Å²) in [6.07, 6.45) is 3.79. The van der Waals surface area contributed by atoms with Crippen LogP contribution in [0.5, 0.6) is 0 Å². The molecule has 3 rings (SSSR count). The fourth-order valence-electron chi connectivity index (χ4n) is 3.33. The molecular formula is C18H26N4O3. The van der Waals surface area contributed by atoms with Crippen LogP contribution in [0.2, 0.25) is 0 Å². The summed E-state index contributed by atoms with van der Waals surface area (Å²) < 4.78 is 0. The molecule has 0 bridgehead atoms. The zero-order valence-corrected chi connectivity index (χ0v) is 14.6. The molecule has 1 saturated carbocycles. The third kappa shape index (κ3) is 4.35. The molecule has 2 heterocycles. The Morgan fingerprint density at radius 2 is 2.28 bits per heavy atom. The van der Waals surface area contributed by atoms with Crippen LogP contribution >= 0.6 is 0 Å². The van der Waals surface area contributed by atoms with Crippen LogP contribution < -0.4 is 5.32 Å². The first-order valence-corrected chi connectivity index (χ1v) is 8.79. The maximum atomic E-state index is 12.6. The molecule has 0 aromatic carbocycles. The first-order chi connectivity index (χ1) is 12.0. The second kappa shape index (κ2) is 7.49. The highest BCUT2D eigenvalue weighted by Gasteiger charge is 2.44. The Balaban J connectivity index is 1.62. The standard InChI is InChI=1S/C18H26N4O3/c1-21(12-18(13-23)5-6-18)16(24)10-15-17(25)20-8-9-22(15)11-14-4-2-3-7-19-14/h2-4,7,15,23H,5-6,8-13H2,1H3,(H,20,25)/t15-/m1/s1. The summed E-state index contributed by atoms with van der Waals surface area (Å²) in [5, 5.41) is 12.3. The average molecular weight is 346 g/mol. The van der Waals surface area contributed by atoms with E-state index in [0.29, 0.717) is 26.2 Å². The van der Waals surface area contributed by atoms with Gasteiger partial charge in [-0.25, -0.2) is 0 Å². The van der Waals surface area contributed by atoms with Crippen molar-refractivity contribution in [2.45, 2.75) is 31.8 Å². The Morgan fingerprint density at radius 3 is 2.92 bits per heavy atom. The zero-order valence-electron chi connectivity index (χ0n) is 14.6. The van der Waals surface area contributed by atoms with Crippen LogP contribution in [0.1, 0.15) is 25.0 Å². The van der Waals surface area contributed by atoms with Crippen LogP contribution in [0.15, 0.2) is 24.4 Å². The SMILES string of the molecule is CN(CC1(CO)CC1)C(=O)C[C@@H]1C(=O)NCCN1Cc1ccccn1. The van der Waals surface area contributed by atoms with Crippen molar-refractivity contribution in [1.29, 1.82) is 0 Å². The van der Waals surface area contributed by atoms with E-state index in [9.17, 15) is 14.7 Å². The average Bonchev–Trinajstić information content (AvgIpc) is 3.38. The van der Waals surface area contributed by atoms with Gasteiger partial charge in [0, 0.05) is 44.8 Å². The first kappa shape index (κ1) is 17.8. The highest BCUT2D eigenvalue weighted by molar-refractivity contribution is 5.88. The van der Waals surface area contributed by atoms with E-state index >= 15 is 0 Å². The molecule has 2 aliphatic rings. The lowest BCUT2D eigenvalue weighted by Gasteiger charge is -2.35. The number of nitrogens with one attached hydrogen (secondary N) is 1. The fourth-order valence-corrected chi connectivity index (χ4v) is 3.33. The van der Waals surface area contributed by atoms with Gasteiger partial charge in [0.2, 0.25) is 11.8 Å². The van der Waals surface area contributed by atoms with Crippen LogP contribution in [-0.4, -0.2) is 71.0 Å². The Bertz CT molecular complexity index is 618. The van der Waals surface area contributed by atoms with E-state index in [1.165, 1.54) is 0 Å². The van der Waals surface area contributed by atoms with E-state index in [1.807, 2.05) is 23.1 Å². The van der Waals surface area contributed by atoms with Gasteiger partial charge in [-0.15, -0.1) is 0 Å². The molecule has 1 aliphatic carbocycles. The quantitative estimate of drug-likeness (QED) is 0.726. The predicted molar refractivity (Wildman–Crippen MR) is 92.5 cm³/mol. The summed E-state index contributed by atoms with van der Waals surface area (Å²) >= 11 is 0. The smallest absolute Gasteiger partial charge is 0.237 e. The van der Waals surface area contributed by atoms with Gasteiger partial charge in [0.05, 0.1) is 24.8 Å². The highest BCUT2D eigenvalue weighted by Crippen LogP contribution is 2.45. The number of piperazine rings is 1. The Hall–Kier alpha value is -1.99. The van der Waals surface area contributed by atoms with Crippen molar-refractivity contribution in [2.24, 2.45) is 5.41 Å². The maximum Gasteiger partial charge on any atom is 0.237 e. The van der Waals surface area contributed by atoms with Crippen LogP contribution in [0, 0.1) is 5.41 Å². The number of carbonyl (C=O) groups excluding carboxylic acids is 2. The molecule has 1 aliphatic heterocycles. The largest absolute Gasteiger partial charge is 0.396 e. The van der Waals surface area contributed by atoms with Gasteiger partial charge in [0.1, 0.15) is 0 Å². The van der Waals surface area contributed by atoms with Gasteiger partial charge in [-0.2, -0.15) is 0 Å². The molecule has 2 N–H and O–H groups in total. The van der Waals surface area contributed by atoms with Gasteiger partial charge < -0.3 is 15.3 Å². The number of carbonyl (C=O) groups is 2. The molecule has 1 aromatic rings. The number of rotatable bonds is 7. The number of nitrogens with zero attached hydrogens (tertiary/aromatic N) is 3. The van der Waals surface area contributed by atoms with E-state index in [0.717, 1.165) is 18.5 Å².